The average Bonchev–Trinajstić information content (AvgIpc) is 3.45. The topological polar surface area (TPSA) is 89.0 Å². The Hall–Kier alpha value is -4.17. The van der Waals surface area contributed by atoms with Gasteiger partial charge in [0.2, 0.25) is 0 Å². The van der Waals surface area contributed by atoms with E-state index in [2.05, 4.69) is 11.9 Å². The van der Waals surface area contributed by atoms with Crippen LogP contribution in [0.2, 0.25) is 0 Å². The third-order valence-electron chi connectivity index (χ3n) is 6.30. The number of aliphatic hydroxyl groups is 1. The van der Waals surface area contributed by atoms with E-state index in [-0.39, 0.29) is 11.3 Å². The highest BCUT2D eigenvalue weighted by atomic mass is 32.1. The van der Waals surface area contributed by atoms with Crippen LogP contribution < -0.4 is 14.4 Å². The Labute approximate surface area is 212 Å². The Morgan fingerprint density at radius 2 is 1.64 bits per heavy atom. The Bertz CT molecular complexity index is 1490. The van der Waals surface area contributed by atoms with Crippen molar-refractivity contribution < 1.29 is 24.2 Å². The number of fused-ring (bicyclic) bond motifs is 1. The van der Waals surface area contributed by atoms with Gasteiger partial charge in [0.15, 0.2) is 5.13 Å². The van der Waals surface area contributed by atoms with E-state index in [1.807, 2.05) is 36.4 Å². The van der Waals surface area contributed by atoms with Crippen molar-refractivity contribution >= 4 is 44.1 Å². The predicted molar refractivity (Wildman–Crippen MR) is 140 cm³/mol. The molecular formula is C28H24N2O5S. The molecule has 5 rings (SSSR count). The smallest absolute Gasteiger partial charge is 0.301 e. The molecule has 1 N–H and O–H groups in total. The van der Waals surface area contributed by atoms with Crippen LogP contribution in [0, 0.1) is 0 Å². The summed E-state index contributed by atoms with van der Waals surface area (Å²) in [6, 6.07) is 19.0. The summed E-state index contributed by atoms with van der Waals surface area (Å²) in [5.74, 6) is -0.453. The fraction of sp³-hybridized carbons (Fsp3) is 0.179. The Balaban J connectivity index is 1.69. The van der Waals surface area contributed by atoms with Crippen molar-refractivity contribution in [1.29, 1.82) is 0 Å². The molecule has 1 unspecified atom stereocenters. The molecule has 182 valence electrons. The maximum Gasteiger partial charge on any atom is 0.301 e. The molecule has 4 aromatic rings. The molecule has 8 heteroatoms. The van der Waals surface area contributed by atoms with Crippen molar-refractivity contribution in [2.75, 3.05) is 19.1 Å². The van der Waals surface area contributed by atoms with E-state index in [1.54, 1.807) is 44.6 Å². The lowest BCUT2D eigenvalue weighted by Crippen LogP contribution is -2.29. The zero-order valence-corrected chi connectivity index (χ0v) is 20.8. The number of aryl methyl sites for hydroxylation is 1. The molecular weight excluding hydrogens is 476 g/mol. The number of Topliss-reactive ketones (excluding diaryl/α,β-unsaturated/α-hetero) is 1. The van der Waals surface area contributed by atoms with Crippen LogP contribution in [0.15, 0.2) is 72.3 Å². The second kappa shape index (κ2) is 9.47. The van der Waals surface area contributed by atoms with Gasteiger partial charge in [-0.3, -0.25) is 14.5 Å². The summed E-state index contributed by atoms with van der Waals surface area (Å²) in [6.45, 7) is 2.06. The quantitative estimate of drug-likeness (QED) is 0.214. The summed E-state index contributed by atoms with van der Waals surface area (Å²) < 4.78 is 11.3. The molecule has 1 aliphatic heterocycles. The van der Waals surface area contributed by atoms with Crippen LogP contribution in [0.3, 0.4) is 0 Å². The largest absolute Gasteiger partial charge is 0.507 e. The number of carbonyl (C=O) groups is 2. The number of carbonyl (C=O) groups excluding carboxylic acids is 2. The number of benzene rings is 3. The molecule has 7 nitrogen and oxygen atoms in total. The van der Waals surface area contributed by atoms with E-state index in [0.29, 0.717) is 33.3 Å². The lowest BCUT2D eigenvalue weighted by molar-refractivity contribution is -0.132. The zero-order chi connectivity index (χ0) is 25.4. The third kappa shape index (κ3) is 3.99. The van der Waals surface area contributed by atoms with Crippen molar-refractivity contribution in [2.24, 2.45) is 0 Å². The van der Waals surface area contributed by atoms with Crippen molar-refractivity contribution in [3.05, 3.63) is 89.0 Å². The van der Waals surface area contributed by atoms with Gasteiger partial charge in [-0.05, 0) is 60.0 Å². The summed E-state index contributed by atoms with van der Waals surface area (Å²) in [6.07, 6.45) is 0.853. The SMILES string of the molecule is CCc1ccc(C2C(=C(O)c3ccc(OC)cc3)C(=O)C(=O)N2c2nc3ccc(OC)cc3s2)cc1. The third-order valence-corrected chi connectivity index (χ3v) is 7.32. The Kier molecular flexibility index (Phi) is 6.20. The van der Waals surface area contributed by atoms with Gasteiger partial charge in [-0.1, -0.05) is 42.5 Å². The number of aromatic nitrogens is 1. The number of aliphatic hydroxyl groups excluding tert-OH is 1. The van der Waals surface area contributed by atoms with E-state index in [0.717, 1.165) is 16.7 Å². The predicted octanol–water partition coefficient (Wildman–Crippen LogP) is 5.50. The van der Waals surface area contributed by atoms with Crippen molar-refractivity contribution in [3.8, 4) is 11.5 Å². The fourth-order valence-corrected chi connectivity index (χ4v) is 5.33. The van der Waals surface area contributed by atoms with Gasteiger partial charge < -0.3 is 14.6 Å². The van der Waals surface area contributed by atoms with E-state index in [1.165, 1.54) is 16.2 Å². The first-order chi connectivity index (χ1) is 17.4. The van der Waals surface area contributed by atoms with Crippen LogP contribution >= 0.6 is 11.3 Å². The maximum absolute atomic E-state index is 13.4. The van der Waals surface area contributed by atoms with Crippen molar-refractivity contribution in [1.82, 2.24) is 4.98 Å². The minimum Gasteiger partial charge on any atom is -0.507 e. The van der Waals surface area contributed by atoms with E-state index >= 15 is 0 Å². The normalized spacial score (nSPS) is 17.1. The maximum atomic E-state index is 13.4. The highest BCUT2D eigenvalue weighted by molar-refractivity contribution is 7.22. The number of hydrogen-bond acceptors (Lipinski definition) is 7. The molecule has 36 heavy (non-hydrogen) atoms. The molecule has 0 aliphatic carbocycles. The molecule has 1 aliphatic rings. The standard InChI is InChI=1S/C28H24N2O5S/c1-4-16-5-7-17(8-6-16)24-23(25(31)18-9-11-19(34-2)12-10-18)26(32)27(33)30(24)28-29-21-14-13-20(35-3)15-22(21)36-28/h5-15,24,31H,4H2,1-3H3. The molecule has 3 aromatic carbocycles. The monoisotopic (exact) mass is 500 g/mol. The summed E-state index contributed by atoms with van der Waals surface area (Å²) in [7, 11) is 3.13. The van der Waals surface area contributed by atoms with E-state index in [4.69, 9.17) is 9.47 Å². The minimum atomic E-state index is -0.833. The number of amides is 1. The molecule has 0 spiro atoms. The van der Waals surface area contributed by atoms with Gasteiger partial charge in [0.05, 0.1) is 36.1 Å². The highest BCUT2D eigenvalue weighted by Crippen LogP contribution is 2.44. The Morgan fingerprint density at radius 3 is 2.28 bits per heavy atom. The lowest BCUT2D eigenvalue weighted by Gasteiger charge is -2.23. The van der Waals surface area contributed by atoms with Crippen LogP contribution in [0.5, 0.6) is 11.5 Å². The molecule has 2 heterocycles. The number of nitrogens with zero attached hydrogens (tertiary/aromatic N) is 2. The number of anilines is 1. The minimum absolute atomic E-state index is 0.0197. The van der Waals surface area contributed by atoms with Gasteiger partial charge in [0.25, 0.3) is 5.78 Å². The summed E-state index contributed by atoms with van der Waals surface area (Å²) in [4.78, 5) is 32.8. The number of rotatable bonds is 6. The van der Waals surface area contributed by atoms with Crippen molar-refractivity contribution in [2.45, 2.75) is 19.4 Å². The molecule has 1 aromatic heterocycles. The Morgan fingerprint density at radius 1 is 0.972 bits per heavy atom. The average molecular weight is 501 g/mol. The molecule has 1 amide bonds. The fourth-order valence-electron chi connectivity index (χ4n) is 4.31. The number of thiazole rings is 1. The molecule has 1 atom stereocenters. The molecule has 1 saturated heterocycles. The van der Waals surface area contributed by atoms with E-state index < -0.39 is 17.7 Å². The van der Waals surface area contributed by atoms with Crippen LogP contribution in [0.1, 0.15) is 29.7 Å². The van der Waals surface area contributed by atoms with Crippen LogP contribution in [-0.4, -0.2) is 36.0 Å². The highest BCUT2D eigenvalue weighted by Gasteiger charge is 2.48. The van der Waals surface area contributed by atoms with Gasteiger partial charge in [-0.25, -0.2) is 4.98 Å². The van der Waals surface area contributed by atoms with E-state index in [9.17, 15) is 14.7 Å². The molecule has 1 fully saturated rings. The summed E-state index contributed by atoms with van der Waals surface area (Å²) >= 11 is 1.29. The number of hydrogen-bond donors (Lipinski definition) is 1. The van der Waals surface area contributed by atoms with Gasteiger partial charge >= 0.3 is 5.91 Å². The molecule has 0 radical (unpaired) electrons. The van der Waals surface area contributed by atoms with Crippen molar-refractivity contribution in [3.63, 3.8) is 0 Å². The molecule has 0 bridgehead atoms. The molecule has 0 saturated carbocycles. The second-order valence-corrected chi connectivity index (χ2v) is 9.33. The zero-order valence-electron chi connectivity index (χ0n) is 20.0. The number of ether oxygens (including phenoxy) is 2. The van der Waals surface area contributed by atoms with Crippen LogP contribution in [0.4, 0.5) is 5.13 Å². The first kappa shape index (κ1) is 23.6. The van der Waals surface area contributed by atoms with Crippen LogP contribution in [-0.2, 0) is 16.0 Å². The lowest BCUT2D eigenvalue weighted by atomic mass is 9.94. The number of ketones is 1. The van der Waals surface area contributed by atoms with Crippen LogP contribution in [0.25, 0.3) is 16.0 Å². The number of methoxy groups -OCH3 is 2. The van der Waals surface area contributed by atoms with Gasteiger partial charge in [0, 0.05) is 5.56 Å². The van der Waals surface area contributed by atoms with Gasteiger partial charge in [0.1, 0.15) is 17.3 Å². The first-order valence-electron chi connectivity index (χ1n) is 11.4. The first-order valence-corrected chi connectivity index (χ1v) is 12.3. The summed E-state index contributed by atoms with van der Waals surface area (Å²) in [5.41, 5.74) is 2.95. The van der Waals surface area contributed by atoms with Gasteiger partial charge in [-0.15, -0.1) is 0 Å². The second-order valence-electron chi connectivity index (χ2n) is 8.32. The van der Waals surface area contributed by atoms with Gasteiger partial charge in [-0.2, -0.15) is 0 Å². The summed E-state index contributed by atoms with van der Waals surface area (Å²) in [5, 5.41) is 11.7.